The van der Waals surface area contributed by atoms with Crippen molar-refractivity contribution in [3.63, 3.8) is 0 Å². The molecule has 19 heavy (non-hydrogen) atoms. The summed E-state index contributed by atoms with van der Waals surface area (Å²) in [5, 5.41) is 7.59. The Balaban J connectivity index is 2.07. The van der Waals surface area contributed by atoms with Gasteiger partial charge in [0.25, 0.3) is 0 Å². The number of piperazine rings is 1. The van der Waals surface area contributed by atoms with Crippen molar-refractivity contribution >= 4 is 5.97 Å². The van der Waals surface area contributed by atoms with E-state index in [9.17, 15) is 4.79 Å². The molecule has 1 aromatic rings. The van der Waals surface area contributed by atoms with Gasteiger partial charge < -0.3 is 10.1 Å². The van der Waals surface area contributed by atoms with Gasteiger partial charge in [0.2, 0.25) is 0 Å². The molecule has 6 heteroatoms. The van der Waals surface area contributed by atoms with Crippen LogP contribution in [0, 0.1) is 6.92 Å². The van der Waals surface area contributed by atoms with Crippen LogP contribution in [0.2, 0.25) is 0 Å². The number of nitrogens with one attached hydrogen (secondary N) is 1. The largest absolute Gasteiger partial charge is 0.465 e. The summed E-state index contributed by atoms with van der Waals surface area (Å²) in [6.07, 6.45) is 0. The lowest BCUT2D eigenvalue weighted by atomic mass is 10.2. The van der Waals surface area contributed by atoms with E-state index in [0.29, 0.717) is 13.2 Å². The Labute approximate surface area is 113 Å². The lowest BCUT2D eigenvalue weighted by Gasteiger charge is -2.34. The van der Waals surface area contributed by atoms with Gasteiger partial charge in [-0.1, -0.05) is 0 Å². The first-order chi connectivity index (χ1) is 9.11. The molecule has 1 aliphatic heterocycles. The Kier molecular flexibility index (Phi) is 4.55. The summed E-state index contributed by atoms with van der Waals surface area (Å²) in [6.45, 7) is 7.35. The Morgan fingerprint density at radius 3 is 3.05 bits per heavy atom. The van der Waals surface area contributed by atoms with Crippen LogP contribution in [0.3, 0.4) is 0 Å². The molecule has 0 amide bonds. The maximum atomic E-state index is 12.0. The highest BCUT2D eigenvalue weighted by molar-refractivity contribution is 5.76. The number of esters is 1. The summed E-state index contributed by atoms with van der Waals surface area (Å²) in [4.78, 5) is 14.1. The van der Waals surface area contributed by atoms with Gasteiger partial charge in [0.05, 0.1) is 18.0 Å². The van der Waals surface area contributed by atoms with E-state index >= 15 is 0 Å². The lowest BCUT2D eigenvalue weighted by molar-refractivity contribution is -0.150. The van der Waals surface area contributed by atoms with Gasteiger partial charge in [-0.25, -0.2) is 0 Å². The first-order valence-corrected chi connectivity index (χ1v) is 6.72. The summed E-state index contributed by atoms with van der Waals surface area (Å²) < 4.78 is 7.02. The third kappa shape index (κ3) is 3.33. The second kappa shape index (κ2) is 6.16. The smallest absolute Gasteiger partial charge is 0.324 e. The second-order valence-corrected chi connectivity index (χ2v) is 4.84. The number of hydrogen-bond acceptors (Lipinski definition) is 5. The predicted molar refractivity (Wildman–Crippen MR) is 71.6 cm³/mol. The molecule has 106 valence electrons. The molecule has 1 aromatic heterocycles. The van der Waals surface area contributed by atoms with Crippen molar-refractivity contribution in [2.75, 3.05) is 26.2 Å². The number of ether oxygens (including phenoxy) is 1. The molecule has 1 N–H and O–H groups in total. The zero-order valence-corrected chi connectivity index (χ0v) is 11.8. The molecule has 2 rings (SSSR count). The maximum absolute atomic E-state index is 12.0. The van der Waals surface area contributed by atoms with Gasteiger partial charge >= 0.3 is 5.97 Å². The third-order valence-electron chi connectivity index (χ3n) is 3.38. The van der Waals surface area contributed by atoms with E-state index in [2.05, 4.69) is 21.4 Å². The van der Waals surface area contributed by atoms with E-state index in [4.69, 9.17) is 4.74 Å². The first-order valence-electron chi connectivity index (χ1n) is 6.72. The van der Waals surface area contributed by atoms with Crippen molar-refractivity contribution in [2.24, 2.45) is 7.05 Å². The molecule has 0 bridgehead atoms. The van der Waals surface area contributed by atoms with Crippen molar-refractivity contribution in [3.8, 4) is 0 Å². The summed E-state index contributed by atoms with van der Waals surface area (Å²) in [5.74, 6) is -0.145. The van der Waals surface area contributed by atoms with E-state index in [0.717, 1.165) is 31.0 Å². The van der Waals surface area contributed by atoms with E-state index in [1.165, 1.54) is 0 Å². The quantitative estimate of drug-likeness (QED) is 0.781. The van der Waals surface area contributed by atoms with Crippen molar-refractivity contribution in [1.82, 2.24) is 20.0 Å². The minimum Gasteiger partial charge on any atom is -0.465 e. The molecular formula is C13H22N4O2. The van der Waals surface area contributed by atoms with Gasteiger partial charge in [0, 0.05) is 33.2 Å². The van der Waals surface area contributed by atoms with Crippen LogP contribution < -0.4 is 5.32 Å². The van der Waals surface area contributed by atoms with Crippen molar-refractivity contribution in [1.29, 1.82) is 0 Å². The van der Waals surface area contributed by atoms with Gasteiger partial charge in [0.1, 0.15) is 6.04 Å². The van der Waals surface area contributed by atoms with Gasteiger partial charge in [-0.2, -0.15) is 5.10 Å². The number of aryl methyl sites for hydroxylation is 2. The highest BCUT2D eigenvalue weighted by atomic mass is 16.5. The fraction of sp³-hybridized carbons (Fsp3) is 0.692. The van der Waals surface area contributed by atoms with E-state index in [1.807, 2.05) is 25.6 Å². The molecule has 1 saturated heterocycles. The Hall–Kier alpha value is -1.40. The van der Waals surface area contributed by atoms with Crippen LogP contribution in [-0.4, -0.2) is 52.9 Å². The Morgan fingerprint density at radius 1 is 1.63 bits per heavy atom. The summed E-state index contributed by atoms with van der Waals surface area (Å²) >= 11 is 0. The van der Waals surface area contributed by atoms with Crippen molar-refractivity contribution in [2.45, 2.75) is 26.4 Å². The molecule has 0 aliphatic carbocycles. The average molecular weight is 266 g/mol. The molecule has 6 nitrogen and oxygen atoms in total. The normalized spacial score (nSPS) is 20.5. The van der Waals surface area contributed by atoms with Gasteiger partial charge in [-0.3, -0.25) is 14.4 Å². The Bertz CT molecular complexity index is 444. The van der Waals surface area contributed by atoms with Gasteiger partial charge in [0.15, 0.2) is 0 Å². The first kappa shape index (κ1) is 14.0. The van der Waals surface area contributed by atoms with Crippen LogP contribution >= 0.6 is 0 Å². The maximum Gasteiger partial charge on any atom is 0.324 e. The SMILES string of the molecule is CCOC(=O)C1CNCCN1Cc1cc(C)nn1C. The molecule has 1 fully saturated rings. The van der Waals surface area contributed by atoms with Crippen LogP contribution in [0.25, 0.3) is 0 Å². The number of aromatic nitrogens is 2. The number of nitrogens with zero attached hydrogens (tertiary/aromatic N) is 3. The standard InChI is InChI=1S/C13H22N4O2/c1-4-19-13(18)12-8-14-5-6-17(12)9-11-7-10(2)15-16(11)3/h7,12,14H,4-6,8-9H2,1-3H3. The number of carbonyl (C=O) groups is 1. The van der Waals surface area contributed by atoms with E-state index in [1.54, 1.807) is 0 Å². The van der Waals surface area contributed by atoms with Crippen molar-refractivity contribution < 1.29 is 9.53 Å². The highest BCUT2D eigenvalue weighted by Crippen LogP contribution is 2.12. The fourth-order valence-electron chi connectivity index (χ4n) is 2.43. The minimum atomic E-state index is -0.205. The van der Waals surface area contributed by atoms with Crippen LogP contribution in [0.5, 0.6) is 0 Å². The minimum absolute atomic E-state index is 0.145. The lowest BCUT2D eigenvalue weighted by Crippen LogP contribution is -2.55. The molecule has 1 atom stereocenters. The number of hydrogen-bond donors (Lipinski definition) is 1. The van der Waals surface area contributed by atoms with E-state index < -0.39 is 0 Å². The topological polar surface area (TPSA) is 59.4 Å². The summed E-state index contributed by atoms with van der Waals surface area (Å²) in [6, 6.07) is 1.86. The molecule has 0 saturated carbocycles. The molecule has 1 aliphatic rings. The molecular weight excluding hydrogens is 244 g/mol. The fourth-order valence-corrected chi connectivity index (χ4v) is 2.43. The zero-order valence-electron chi connectivity index (χ0n) is 11.8. The monoisotopic (exact) mass is 266 g/mol. The average Bonchev–Trinajstić information content (AvgIpc) is 2.69. The molecule has 2 heterocycles. The van der Waals surface area contributed by atoms with Crippen LogP contribution in [-0.2, 0) is 23.1 Å². The number of carbonyl (C=O) groups excluding carboxylic acids is 1. The van der Waals surface area contributed by atoms with Gasteiger partial charge in [-0.15, -0.1) is 0 Å². The van der Waals surface area contributed by atoms with Crippen LogP contribution in [0.4, 0.5) is 0 Å². The molecule has 0 spiro atoms. The van der Waals surface area contributed by atoms with Crippen LogP contribution in [0.15, 0.2) is 6.07 Å². The number of rotatable bonds is 4. The van der Waals surface area contributed by atoms with E-state index in [-0.39, 0.29) is 12.0 Å². The van der Waals surface area contributed by atoms with Gasteiger partial charge in [-0.05, 0) is 19.9 Å². The Morgan fingerprint density at radius 2 is 2.42 bits per heavy atom. The van der Waals surface area contributed by atoms with Crippen LogP contribution in [0.1, 0.15) is 18.3 Å². The molecule has 0 radical (unpaired) electrons. The highest BCUT2D eigenvalue weighted by Gasteiger charge is 2.30. The predicted octanol–water partition coefficient (Wildman–Crippen LogP) is 0.0654. The molecule has 0 aromatic carbocycles. The summed E-state index contributed by atoms with van der Waals surface area (Å²) in [7, 11) is 1.93. The van der Waals surface area contributed by atoms with Crippen molar-refractivity contribution in [3.05, 3.63) is 17.5 Å². The zero-order chi connectivity index (χ0) is 13.8. The second-order valence-electron chi connectivity index (χ2n) is 4.84. The molecule has 1 unspecified atom stereocenters. The summed E-state index contributed by atoms with van der Waals surface area (Å²) in [5.41, 5.74) is 2.12. The third-order valence-corrected chi connectivity index (χ3v) is 3.38.